The zero-order chi connectivity index (χ0) is 22.9. The Balaban J connectivity index is 2.23. The number of carbonyl (C=O) groups is 1. The highest BCUT2D eigenvalue weighted by Crippen LogP contribution is 2.28. The minimum Gasteiger partial charge on any atom is -0.348 e. The molecule has 0 spiro atoms. The van der Waals surface area contributed by atoms with E-state index in [4.69, 9.17) is 0 Å². The molecular formula is C21H28N2O5S2. The Hall–Kier alpha value is -2.39. The van der Waals surface area contributed by atoms with Crippen molar-refractivity contribution in [2.24, 2.45) is 0 Å². The topological polar surface area (TPSA) is 101 Å². The van der Waals surface area contributed by atoms with Crippen molar-refractivity contribution in [3.63, 3.8) is 0 Å². The molecule has 2 aromatic carbocycles. The van der Waals surface area contributed by atoms with Crippen molar-refractivity contribution in [1.29, 1.82) is 0 Å². The Kier molecular flexibility index (Phi) is 6.98. The fourth-order valence-electron chi connectivity index (χ4n) is 3.43. The molecule has 1 unspecified atom stereocenters. The lowest BCUT2D eigenvalue weighted by molar-refractivity contribution is -0.120. The van der Waals surface area contributed by atoms with E-state index in [0.717, 1.165) is 33.5 Å². The lowest BCUT2D eigenvalue weighted by Crippen LogP contribution is -2.41. The van der Waals surface area contributed by atoms with Gasteiger partial charge < -0.3 is 5.32 Å². The van der Waals surface area contributed by atoms with Crippen LogP contribution >= 0.6 is 0 Å². The number of benzene rings is 2. The third-order valence-electron chi connectivity index (χ3n) is 4.76. The van der Waals surface area contributed by atoms with Gasteiger partial charge in [0.1, 0.15) is 6.54 Å². The fourth-order valence-corrected chi connectivity index (χ4v) is 5.03. The smallest absolute Gasteiger partial charge is 0.241 e. The van der Waals surface area contributed by atoms with Crippen molar-refractivity contribution in [3.05, 3.63) is 58.7 Å². The van der Waals surface area contributed by atoms with Crippen molar-refractivity contribution in [1.82, 2.24) is 5.32 Å². The van der Waals surface area contributed by atoms with Crippen LogP contribution in [0, 0.1) is 20.8 Å². The molecule has 0 fully saturated rings. The molecule has 2 aromatic rings. The van der Waals surface area contributed by atoms with Crippen LogP contribution in [-0.2, 0) is 24.7 Å². The Morgan fingerprint density at radius 1 is 0.967 bits per heavy atom. The Labute approximate surface area is 179 Å². The monoisotopic (exact) mass is 452 g/mol. The quantitative estimate of drug-likeness (QED) is 0.696. The van der Waals surface area contributed by atoms with Crippen molar-refractivity contribution >= 4 is 31.5 Å². The number of sulfone groups is 1. The van der Waals surface area contributed by atoms with Crippen molar-refractivity contribution in [2.45, 2.75) is 38.6 Å². The second-order valence-electron chi connectivity index (χ2n) is 7.65. The first-order valence-corrected chi connectivity index (χ1v) is 13.1. The fraction of sp³-hybridized carbons (Fsp3) is 0.381. The maximum atomic E-state index is 12.7. The molecule has 0 aliphatic heterocycles. The van der Waals surface area contributed by atoms with Crippen LogP contribution in [0.2, 0.25) is 0 Å². The van der Waals surface area contributed by atoms with Crippen molar-refractivity contribution < 1.29 is 21.6 Å². The van der Waals surface area contributed by atoms with E-state index in [-0.39, 0.29) is 11.4 Å². The van der Waals surface area contributed by atoms with Crippen LogP contribution in [0.4, 0.5) is 5.69 Å². The number of carbonyl (C=O) groups excluding carboxylic acids is 1. The Morgan fingerprint density at radius 3 is 1.90 bits per heavy atom. The van der Waals surface area contributed by atoms with E-state index in [2.05, 4.69) is 5.32 Å². The lowest BCUT2D eigenvalue weighted by atomic mass is 10.1. The zero-order valence-electron chi connectivity index (χ0n) is 18.1. The molecule has 0 aliphatic rings. The van der Waals surface area contributed by atoms with Gasteiger partial charge in [-0.3, -0.25) is 9.10 Å². The average Bonchev–Trinajstić information content (AvgIpc) is 2.58. The normalized spacial score (nSPS) is 13.0. The van der Waals surface area contributed by atoms with Gasteiger partial charge in [-0.05, 0) is 56.5 Å². The van der Waals surface area contributed by atoms with Crippen LogP contribution < -0.4 is 9.62 Å². The van der Waals surface area contributed by atoms with Gasteiger partial charge in [-0.25, -0.2) is 16.8 Å². The molecule has 1 atom stereocenters. The number of hydrogen-bond donors (Lipinski definition) is 1. The van der Waals surface area contributed by atoms with Crippen molar-refractivity contribution in [2.75, 3.05) is 23.4 Å². The van der Waals surface area contributed by atoms with Gasteiger partial charge >= 0.3 is 0 Å². The summed E-state index contributed by atoms with van der Waals surface area (Å²) in [5, 5.41) is 2.78. The van der Waals surface area contributed by atoms with E-state index >= 15 is 0 Å². The van der Waals surface area contributed by atoms with E-state index in [9.17, 15) is 21.6 Å². The summed E-state index contributed by atoms with van der Waals surface area (Å²) in [6.45, 7) is 6.96. The maximum absolute atomic E-state index is 12.7. The van der Waals surface area contributed by atoms with E-state index in [0.29, 0.717) is 11.3 Å². The number of nitrogens with zero attached hydrogens (tertiary/aromatic N) is 1. The summed E-state index contributed by atoms with van der Waals surface area (Å²) in [4.78, 5) is 12.9. The first-order valence-electron chi connectivity index (χ1n) is 9.35. The average molecular weight is 453 g/mol. The predicted octanol–water partition coefficient (Wildman–Crippen LogP) is 2.66. The summed E-state index contributed by atoms with van der Waals surface area (Å²) in [6.07, 6.45) is 2.20. The molecule has 164 valence electrons. The predicted molar refractivity (Wildman–Crippen MR) is 119 cm³/mol. The first-order chi connectivity index (χ1) is 13.7. The summed E-state index contributed by atoms with van der Waals surface area (Å²) >= 11 is 0. The zero-order valence-corrected chi connectivity index (χ0v) is 19.7. The molecule has 9 heteroatoms. The van der Waals surface area contributed by atoms with E-state index < -0.39 is 31.8 Å². The molecule has 0 aromatic heterocycles. The third-order valence-corrected chi connectivity index (χ3v) is 7.00. The number of aryl methyl sites for hydroxylation is 3. The molecule has 0 radical (unpaired) electrons. The van der Waals surface area contributed by atoms with Gasteiger partial charge in [-0.15, -0.1) is 0 Å². The van der Waals surface area contributed by atoms with Gasteiger partial charge in [0.05, 0.1) is 22.9 Å². The molecule has 0 aliphatic carbocycles. The molecule has 7 nitrogen and oxygen atoms in total. The van der Waals surface area contributed by atoms with Crippen LogP contribution in [0.3, 0.4) is 0 Å². The SMILES string of the molecule is Cc1cc(C)c(N(CC(=O)NC(C)c2ccc(S(C)(=O)=O)cc2)S(C)(=O)=O)c(C)c1. The lowest BCUT2D eigenvalue weighted by Gasteiger charge is -2.26. The van der Waals surface area contributed by atoms with Crippen LogP contribution in [-0.4, -0.2) is 41.8 Å². The third kappa shape index (κ3) is 5.82. The summed E-state index contributed by atoms with van der Waals surface area (Å²) in [5.74, 6) is -0.459. The summed E-state index contributed by atoms with van der Waals surface area (Å²) in [7, 11) is -6.99. The summed E-state index contributed by atoms with van der Waals surface area (Å²) < 4.78 is 49.2. The second-order valence-corrected chi connectivity index (χ2v) is 11.6. The van der Waals surface area contributed by atoms with Gasteiger partial charge in [0.2, 0.25) is 15.9 Å². The van der Waals surface area contributed by atoms with Gasteiger partial charge in [-0.1, -0.05) is 29.8 Å². The molecule has 0 saturated carbocycles. The minimum absolute atomic E-state index is 0.193. The number of amides is 1. The Bertz CT molecular complexity index is 1130. The molecule has 0 bridgehead atoms. The molecule has 1 N–H and O–H groups in total. The standard InChI is InChI=1S/C21H28N2O5S2/c1-14-11-15(2)21(16(3)12-14)23(30(6,27)28)13-20(24)22-17(4)18-7-9-19(10-8-18)29(5,25)26/h7-12,17H,13H2,1-6H3,(H,22,24). The van der Waals surface area contributed by atoms with Gasteiger partial charge in [-0.2, -0.15) is 0 Å². The first kappa shape index (κ1) is 23.9. The number of rotatable bonds is 7. The molecule has 1 amide bonds. The number of sulfonamides is 1. The van der Waals surface area contributed by atoms with Crippen LogP contribution in [0.1, 0.15) is 35.2 Å². The number of anilines is 1. The van der Waals surface area contributed by atoms with Gasteiger partial charge in [0, 0.05) is 6.26 Å². The highest BCUT2D eigenvalue weighted by atomic mass is 32.2. The molecule has 0 saturated heterocycles. The second kappa shape index (κ2) is 8.77. The Morgan fingerprint density at radius 2 is 1.47 bits per heavy atom. The highest BCUT2D eigenvalue weighted by molar-refractivity contribution is 7.92. The van der Waals surface area contributed by atoms with E-state index in [1.54, 1.807) is 19.1 Å². The van der Waals surface area contributed by atoms with Gasteiger partial charge in [0.25, 0.3) is 0 Å². The molecule has 2 rings (SSSR count). The molecule has 30 heavy (non-hydrogen) atoms. The van der Waals surface area contributed by atoms with Crippen LogP contribution in [0.25, 0.3) is 0 Å². The highest BCUT2D eigenvalue weighted by Gasteiger charge is 2.25. The number of nitrogens with one attached hydrogen (secondary N) is 1. The largest absolute Gasteiger partial charge is 0.348 e. The van der Waals surface area contributed by atoms with Gasteiger partial charge in [0.15, 0.2) is 9.84 Å². The summed E-state index contributed by atoms with van der Waals surface area (Å²) in [6, 6.07) is 9.56. The number of hydrogen-bond acceptors (Lipinski definition) is 5. The van der Waals surface area contributed by atoms with Crippen molar-refractivity contribution in [3.8, 4) is 0 Å². The molecule has 0 heterocycles. The van der Waals surface area contributed by atoms with Crippen LogP contribution in [0.5, 0.6) is 0 Å². The molecular weight excluding hydrogens is 424 g/mol. The van der Waals surface area contributed by atoms with Crippen LogP contribution in [0.15, 0.2) is 41.3 Å². The minimum atomic E-state index is -3.69. The maximum Gasteiger partial charge on any atom is 0.241 e. The van der Waals surface area contributed by atoms with E-state index in [1.807, 2.05) is 32.9 Å². The van der Waals surface area contributed by atoms with E-state index in [1.165, 1.54) is 12.1 Å². The summed E-state index contributed by atoms with van der Waals surface area (Å²) in [5.41, 5.74) is 3.77.